The molecule has 2 N–H and O–H groups in total. The summed E-state index contributed by atoms with van der Waals surface area (Å²) >= 11 is 0. The van der Waals surface area contributed by atoms with E-state index in [9.17, 15) is 13.2 Å². The quantitative estimate of drug-likeness (QED) is 0.610. The molecule has 0 amide bonds. The lowest BCUT2D eigenvalue weighted by atomic mass is 9.87. The van der Waals surface area contributed by atoms with E-state index in [0.717, 1.165) is 25.3 Å². The third kappa shape index (κ3) is 4.33. The molecule has 0 radical (unpaired) electrons. The van der Waals surface area contributed by atoms with Gasteiger partial charge in [-0.05, 0) is 42.9 Å². The second-order valence-corrected chi connectivity index (χ2v) is 5.43. The molecule has 1 nitrogen and oxygen atoms in total. The molecule has 0 atom stereocenters. The van der Waals surface area contributed by atoms with Gasteiger partial charge in [-0.1, -0.05) is 20.3 Å². The first-order chi connectivity index (χ1) is 8.35. The molecule has 0 saturated heterocycles. The molecule has 102 valence electrons. The Labute approximate surface area is 106 Å². The molecular weight excluding hydrogens is 239 g/mol. The zero-order valence-electron chi connectivity index (χ0n) is 10.9. The van der Waals surface area contributed by atoms with E-state index in [1.54, 1.807) is 0 Å². The lowest BCUT2D eigenvalue weighted by Crippen LogP contribution is -2.23. The van der Waals surface area contributed by atoms with Crippen LogP contribution in [0.1, 0.15) is 38.7 Å². The molecule has 0 fully saturated rings. The Hall–Kier alpha value is -1.03. The summed E-state index contributed by atoms with van der Waals surface area (Å²) in [7, 11) is 0. The monoisotopic (exact) mass is 259 g/mol. The SMILES string of the molecule is CC(C)(CN)CCCCc1cc(F)c(F)cc1F. The molecule has 1 aromatic rings. The van der Waals surface area contributed by atoms with E-state index >= 15 is 0 Å². The van der Waals surface area contributed by atoms with E-state index in [0.29, 0.717) is 19.0 Å². The Morgan fingerprint density at radius 3 is 2.22 bits per heavy atom. The van der Waals surface area contributed by atoms with E-state index < -0.39 is 17.5 Å². The maximum atomic E-state index is 13.3. The minimum absolute atomic E-state index is 0.0760. The molecule has 0 heterocycles. The zero-order valence-corrected chi connectivity index (χ0v) is 10.9. The molecule has 0 aliphatic rings. The van der Waals surface area contributed by atoms with E-state index in [-0.39, 0.29) is 11.0 Å². The smallest absolute Gasteiger partial charge is 0.161 e. The minimum Gasteiger partial charge on any atom is -0.330 e. The summed E-state index contributed by atoms with van der Waals surface area (Å²) < 4.78 is 39.0. The predicted molar refractivity (Wildman–Crippen MR) is 66.7 cm³/mol. The average molecular weight is 259 g/mol. The molecule has 1 rings (SSSR count). The molecule has 0 aliphatic carbocycles. The van der Waals surface area contributed by atoms with Gasteiger partial charge in [-0.3, -0.25) is 0 Å². The van der Waals surface area contributed by atoms with Crippen molar-refractivity contribution in [3.63, 3.8) is 0 Å². The van der Waals surface area contributed by atoms with Crippen LogP contribution in [0, 0.1) is 22.9 Å². The van der Waals surface area contributed by atoms with Crippen LogP contribution in [0.3, 0.4) is 0 Å². The van der Waals surface area contributed by atoms with E-state index in [1.807, 2.05) is 0 Å². The fraction of sp³-hybridized carbons (Fsp3) is 0.571. The van der Waals surface area contributed by atoms with Crippen LogP contribution in [0.25, 0.3) is 0 Å². The molecular formula is C14H20F3N. The van der Waals surface area contributed by atoms with Gasteiger partial charge in [-0.25, -0.2) is 13.2 Å². The van der Waals surface area contributed by atoms with Crippen molar-refractivity contribution in [1.29, 1.82) is 0 Å². The fourth-order valence-electron chi connectivity index (χ4n) is 1.78. The first kappa shape index (κ1) is 15.0. The van der Waals surface area contributed by atoms with Gasteiger partial charge in [0, 0.05) is 6.07 Å². The van der Waals surface area contributed by atoms with Crippen molar-refractivity contribution in [3.8, 4) is 0 Å². The molecule has 0 aromatic heterocycles. The van der Waals surface area contributed by atoms with Crippen molar-refractivity contribution in [2.75, 3.05) is 6.54 Å². The van der Waals surface area contributed by atoms with Crippen molar-refractivity contribution >= 4 is 0 Å². The van der Waals surface area contributed by atoms with Gasteiger partial charge < -0.3 is 5.73 Å². The van der Waals surface area contributed by atoms with Crippen molar-refractivity contribution < 1.29 is 13.2 Å². The maximum Gasteiger partial charge on any atom is 0.161 e. The van der Waals surface area contributed by atoms with Crippen LogP contribution in [0.15, 0.2) is 12.1 Å². The predicted octanol–water partition coefficient (Wildman–Crippen LogP) is 3.80. The highest BCUT2D eigenvalue weighted by atomic mass is 19.2. The van der Waals surface area contributed by atoms with Crippen LogP contribution < -0.4 is 5.73 Å². The molecule has 4 heteroatoms. The number of hydrogen-bond acceptors (Lipinski definition) is 1. The summed E-state index contributed by atoms with van der Waals surface area (Å²) in [5, 5.41) is 0. The second-order valence-electron chi connectivity index (χ2n) is 5.43. The van der Waals surface area contributed by atoms with Gasteiger partial charge in [-0.2, -0.15) is 0 Å². The molecule has 0 saturated carbocycles. The molecule has 0 aliphatic heterocycles. The van der Waals surface area contributed by atoms with Gasteiger partial charge in [-0.15, -0.1) is 0 Å². The molecule has 18 heavy (non-hydrogen) atoms. The van der Waals surface area contributed by atoms with Gasteiger partial charge in [0.1, 0.15) is 5.82 Å². The minimum atomic E-state index is -1.14. The fourth-order valence-corrected chi connectivity index (χ4v) is 1.78. The number of benzene rings is 1. The molecule has 0 bridgehead atoms. The highest BCUT2D eigenvalue weighted by Gasteiger charge is 2.15. The van der Waals surface area contributed by atoms with E-state index in [4.69, 9.17) is 5.73 Å². The Kier molecular flexibility index (Phi) is 5.20. The Bertz CT molecular complexity index is 402. The average Bonchev–Trinajstić information content (AvgIpc) is 2.31. The van der Waals surface area contributed by atoms with Crippen molar-refractivity contribution in [2.24, 2.45) is 11.1 Å². The van der Waals surface area contributed by atoms with Crippen LogP contribution in [0.4, 0.5) is 13.2 Å². The van der Waals surface area contributed by atoms with Crippen molar-refractivity contribution in [2.45, 2.75) is 39.5 Å². The number of halogens is 3. The summed E-state index contributed by atoms with van der Waals surface area (Å²) in [6.45, 7) is 4.75. The lowest BCUT2D eigenvalue weighted by molar-refractivity contribution is 0.332. The van der Waals surface area contributed by atoms with Crippen LogP contribution in [0.2, 0.25) is 0 Å². The lowest BCUT2D eigenvalue weighted by Gasteiger charge is -2.21. The van der Waals surface area contributed by atoms with Crippen LogP contribution in [-0.4, -0.2) is 6.54 Å². The van der Waals surface area contributed by atoms with E-state index in [1.165, 1.54) is 0 Å². The van der Waals surface area contributed by atoms with Crippen molar-refractivity contribution in [1.82, 2.24) is 0 Å². The number of unbranched alkanes of at least 4 members (excludes halogenated alkanes) is 1. The number of rotatable bonds is 6. The van der Waals surface area contributed by atoms with Crippen LogP contribution >= 0.6 is 0 Å². The van der Waals surface area contributed by atoms with Gasteiger partial charge in [0.15, 0.2) is 11.6 Å². The standard InChI is InChI=1S/C14H20F3N/c1-14(2,9-18)6-4-3-5-10-7-12(16)13(17)8-11(10)15/h7-8H,3-6,9,18H2,1-2H3. The Balaban J connectivity index is 2.47. The third-order valence-electron chi connectivity index (χ3n) is 3.19. The second kappa shape index (κ2) is 6.23. The highest BCUT2D eigenvalue weighted by molar-refractivity contribution is 5.20. The van der Waals surface area contributed by atoms with Gasteiger partial charge in [0.05, 0.1) is 0 Å². The Morgan fingerprint density at radius 1 is 1.00 bits per heavy atom. The van der Waals surface area contributed by atoms with E-state index in [2.05, 4.69) is 13.8 Å². The van der Waals surface area contributed by atoms with Crippen LogP contribution in [-0.2, 0) is 6.42 Å². The molecule has 0 unspecified atom stereocenters. The summed E-state index contributed by atoms with van der Waals surface area (Å²) in [5.74, 6) is -2.80. The molecule has 1 aromatic carbocycles. The first-order valence-corrected chi connectivity index (χ1v) is 6.19. The van der Waals surface area contributed by atoms with Gasteiger partial charge >= 0.3 is 0 Å². The van der Waals surface area contributed by atoms with Gasteiger partial charge in [0.2, 0.25) is 0 Å². The van der Waals surface area contributed by atoms with Gasteiger partial charge in [0.25, 0.3) is 0 Å². The summed E-state index contributed by atoms with van der Waals surface area (Å²) in [5.41, 5.74) is 5.92. The molecule has 0 spiro atoms. The maximum absolute atomic E-state index is 13.3. The summed E-state index contributed by atoms with van der Waals surface area (Å²) in [6.07, 6.45) is 2.99. The van der Waals surface area contributed by atoms with Crippen molar-refractivity contribution in [3.05, 3.63) is 35.1 Å². The number of hydrogen-bond donors (Lipinski definition) is 1. The summed E-state index contributed by atoms with van der Waals surface area (Å²) in [6, 6.07) is 1.55. The topological polar surface area (TPSA) is 26.0 Å². The Morgan fingerprint density at radius 2 is 1.61 bits per heavy atom. The highest BCUT2D eigenvalue weighted by Crippen LogP contribution is 2.23. The largest absolute Gasteiger partial charge is 0.330 e. The normalized spacial score (nSPS) is 11.9. The number of aryl methyl sites for hydroxylation is 1. The van der Waals surface area contributed by atoms with Crippen LogP contribution in [0.5, 0.6) is 0 Å². The third-order valence-corrected chi connectivity index (χ3v) is 3.19. The number of nitrogens with two attached hydrogens (primary N) is 1. The zero-order chi connectivity index (χ0) is 13.8. The first-order valence-electron chi connectivity index (χ1n) is 6.19. The summed E-state index contributed by atoms with van der Waals surface area (Å²) in [4.78, 5) is 0.